The molecule has 0 radical (unpaired) electrons. The molecule has 88 valence electrons. The highest BCUT2D eigenvalue weighted by Gasteiger charge is 2.17. The van der Waals surface area contributed by atoms with E-state index in [2.05, 4.69) is 4.98 Å². The summed E-state index contributed by atoms with van der Waals surface area (Å²) in [6.45, 7) is 1.69. The van der Waals surface area contributed by atoms with Gasteiger partial charge in [-0.15, -0.1) is 0 Å². The van der Waals surface area contributed by atoms with Crippen molar-refractivity contribution >= 4 is 6.29 Å². The van der Waals surface area contributed by atoms with Crippen LogP contribution >= 0.6 is 0 Å². The normalized spacial score (nSPS) is 10.6. The summed E-state index contributed by atoms with van der Waals surface area (Å²) >= 11 is 0. The van der Waals surface area contributed by atoms with Crippen molar-refractivity contribution in [3.8, 4) is 11.3 Å². The SMILES string of the molecule is Cc1nc(C=O)c(-c2cc(F)ccc2F)n1C. The Labute approximate surface area is 96.7 Å². The number of hydrogen-bond acceptors (Lipinski definition) is 2. The maximum absolute atomic E-state index is 13.6. The first kappa shape index (κ1) is 11.4. The molecule has 0 atom stereocenters. The summed E-state index contributed by atoms with van der Waals surface area (Å²) in [6.07, 6.45) is 0.534. The minimum absolute atomic E-state index is 0.0372. The summed E-state index contributed by atoms with van der Waals surface area (Å²) in [5.74, 6) is -0.583. The molecule has 0 fully saturated rings. The van der Waals surface area contributed by atoms with Crippen LogP contribution in [0.2, 0.25) is 0 Å². The molecule has 2 rings (SSSR count). The molecule has 5 heteroatoms. The van der Waals surface area contributed by atoms with E-state index in [1.807, 2.05) is 0 Å². The van der Waals surface area contributed by atoms with E-state index in [1.165, 1.54) is 0 Å². The number of nitrogens with zero attached hydrogens (tertiary/aromatic N) is 2. The Morgan fingerprint density at radius 3 is 2.71 bits per heavy atom. The summed E-state index contributed by atoms with van der Waals surface area (Å²) in [5, 5.41) is 0. The zero-order valence-corrected chi connectivity index (χ0v) is 9.37. The highest BCUT2D eigenvalue weighted by molar-refractivity contribution is 5.84. The van der Waals surface area contributed by atoms with Gasteiger partial charge in [0.15, 0.2) is 6.29 Å². The van der Waals surface area contributed by atoms with Gasteiger partial charge >= 0.3 is 0 Å². The monoisotopic (exact) mass is 236 g/mol. The smallest absolute Gasteiger partial charge is 0.170 e. The Hall–Kier alpha value is -2.04. The average Bonchev–Trinajstić information content (AvgIpc) is 2.59. The van der Waals surface area contributed by atoms with E-state index in [1.54, 1.807) is 18.5 Å². The molecule has 0 saturated heterocycles. The summed E-state index contributed by atoms with van der Waals surface area (Å²) in [6, 6.07) is 3.11. The number of aldehydes is 1. The minimum atomic E-state index is -0.586. The van der Waals surface area contributed by atoms with E-state index < -0.39 is 11.6 Å². The zero-order valence-electron chi connectivity index (χ0n) is 9.37. The molecule has 1 aromatic carbocycles. The van der Waals surface area contributed by atoms with Gasteiger partial charge in [-0.25, -0.2) is 13.8 Å². The first-order valence-corrected chi connectivity index (χ1v) is 4.98. The molecular formula is C12H10F2N2O. The van der Waals surface area contributed by atoms with Crippen molar-refractivity contribution in [1.29, 1.82) is 0 Å². The van der Waals surface area contributed by atoms with E-state index >= 15 is 0 Å². The standard InChI is InChI=1S/C12H10F2N2O/c1-7-15-11(6-17)12(16(7)2)9-5-8(13)3-4-10(9)14/h3-6H,1-2H3. The first-order valence-electron chi connectivity index (χ1n) is 4.98. The van der Waals surface area contributed by atoms with Crippen LogP contribution < -0.4 is 0 Å². The number of carbonyl (C=O) groups excluding carboxylic acids is 1. The zero-order chi connectivity index (χ0) is 12.6. The highest BCUT2D eigenvalue weighted by Crippen LogP contribution is 2.26. The minimum Gasteiger partial charge on any atom is -0.331 e. The predicted octanol–water partition coefficient (Wildman–Crippen LogP) is 2.49. The molecule has 0 spiro atoms. The summed E-state index contributed by atoms with van der Waals surface area (Å²) < 4.78 is 28.3. The van der Waals surface area contributed by atoms with Crippen LogP contribution in [0.1, 0.15) is 16.3 Å². The molecular weight excluding hydrogens is 226 g/mol. The van der Waals surface area contributed by atoms with Crippen molar-refractivity contribution in [1.82, 2.24) is 9.55 Å². The van der Waals surface area contributed by atoms with Gasteiger partial charge in [-0.1, -0.05) is 0 Å². The van der Waals surface area contributed by atoms with Crippen LogP contribution in [0.4, 0.5) is 8.78 Å². The summed E-state index contributed by atoms with van der Waals surface area (Å²) in [5.41, 5.74) is 0.430. The molecule has 2 aromatic rings. The number of imidazole rings is 1. The van der Waals surface area contributed by atoms with Gasteiger partial charge in [0.2, 0.25) is 0 Å². The molecule has 17 heavy (non-hydrogen) atoms. The fraction of sp³-hybridized carbons (Fsp3) is 0.167. The Morgan fingerprint density at radius 2 is 2.06 bits per heavy atom. The lowest BCUT2D eigenvalue weighted by molar-refractivity contribution is 0.112. The molecule has 0 amide bonds. The van der Waals surface area contributed by atoms with Crippen molar-refractivity contribution in [2.24, 2.45) is 7.05 Å². The molecule has 0 saturated carbocycles. The lowest BCUT2D eigenvalue weighted by Gasteiger charge is -2.06. The first-order chi connectivity index (χ1) is 8.04. The highest BCUT2D eigenvalue weighted by atomic mass is 19.1. The summed E-state index contributed by atoms with van der Waals surface area (Å²) in [7, 11) is 1.65. The number of rotatable bonds is 2. The van der Waals surface area contributed by atoms with Crippen LogP contribution in [-0.4, -0.2) is 15.8 Å². The summed E-state index contributed by atoms with van der Waals surface area (Å²) in [4.78, 5) is 14.9. The molecule has 1 heterocycles. The van der Waals surface area contributed by atoms with Crippen LogP contribution in [0.5, 0.6) is 0 Å². The van der Waals surface area contributed by atoms with Gasteiger partial charge < -0.3 is 4.57 Å². The number of aromatic nitrogens is 2. The Balaban J connectivity index is 2.75. The van der Waals surface area contributed by atoms with Crippen LogP contribution in [0.25, 0.3) is 11.3 Å². The molecule has 1 aromatic heterocycles. The molecule has 0 aliphatic rings. The second kappa shape index (κ2) is 4.08. The lowest BCUT2D eigenvalue weighted by atomic mass is 10.1. The van der Waals surface area contributed by atoms with Gasteiger partial charge in [0, 0.05) is 12.6 Å². The molecule has 3 nitrogen and oxygen atoms in total. The van der Waals surface area contributed by atoms with Gasteiger partial charge in [0.25, 0.3) is 0 Å². The molecule has 0 aliphatic heterocycles. The fourth-order valence-corrected chi connectivity index (χ4v) is 1.72. The van der Waals surface area contributed by atoms with E-state index in [-0.39, 0.29) is 17.0 Å². The van der Waals surface area contributed by atoms with Gasteiger partial charge in [-0.3, -0.25) is 4.79 Å². The van der Waals surface area contributed by atoms with Crippen molar-refractivity contribution in [2.75, 3.05) is 0 Å². The topological polar surface area (TPSA) is 34.9 Å². The third kappa shape index (κ3) is 1.84. The number of benzene rings is 1. The number of carbonyl (C=O) groups is 1. The van der Waals surface area contributed by atoms with Crippen molar-refractivity contribution < 1.29 is 13.6 Å². The number of halogens is 2. The van der Waals surface area contributed by atoms with Gasteiger partial charge in [0.05, 0.1) is 5.69 Å². The van der Waals surface area contributed by atoms with Crippen molar-refractivity contribution in [3.63, 3.8) is 0 Å². The molecule has 0 N–H and O–H groups in total. The Bertz CT molecular complexity index is 590. The Morgan fingerprint density at radius 1 is 1.35 bits per heavy atom. The largest absolute Gasteiger partial charge is 0.331 e. The number of hydrogen-bond donors (Lipinski definition) is 0. The van der Waals surface area contributed by atoms with Gasteiger partial charge in [-0.05, 0) is 25.1 Å². The average molecular weight is 236 g/mol. The number of aryl methyl sites for hydroxylation is 1. The van der Waals surface area contributed by atoms with Gasteiger partial charge in [0.1, 0.15) is 23.2 Å². The van der Waals surface area contributed by atoms with E-state index in [0.717, 1.165) is 18.2 Å². The second-order valence-corrected chi connectivity index (χ2v) is 3.69. The third-order valence-electron chi connectivity index (χ3n) is 2.64. The third-order valence-corrected chi connectivity index (χ3v) is 2.64. The van der Waals surface area contributed by atoms with Crippen LogP contribution in [0.15, 0.2) is 18.2 Å². The fourth-order valence-electron chi connectivity index (χ4n) is 1.72. The van der Waals surface area contributed by atoms with Gasteiger partial charge in [-0.2, -0.15) is 0 Å². The van der Waals surface area contributed by atoms with E-state index in [9.17, 15) is 13.6 Å². The maximum Gasteiger partial charge on any atom is 0.170 e. The molecule has 0 aliphatic carbocycles. The quantitative estimate of drug-likeness (QED) is 0.751. The molecule has 0 bridgehead atoms. The maximum atomic E-state index is 13.6. The second-order valence-electron chi connectivity index (χ2n) is 3.69. The van der Waals surface area contributed by atoms with E-state index in [4.69, 9.17) is 0 Å². The predicted molar refractivity (Wildman–Crippen MR) is 58.7 cm³/mol. The Kier molecular flexibility index (Phi) is 2.75. The van der Waals surface area contributed by atoms with Crippen LogP contribution in [-0.2, 0) is 7.05 Å². The van der Waals surface area contributed by atoms with Crippen molar-refractivity contribution in [2.45, 2.75) is 6.92 Å². The van der Waals surface area contributed by atoms with Crippen LogP contribution in [0.3, 0.4) is 0 Å². The lowest BCUT2D eigenvalue weighted by Crippen LogP contribution is -1.98. The molecule has 0 unspecified atom stereocenters. The van der Waals surface area contributed by atoms with Crippen LogP contribution in [0, 0.1) is 18.6 Å². The van der Waals surface area contributed by atoms with E-state index in [0.29, 0.717) is 12.1 Å². The van der Waals surface area contributed by atoms with Crippen molar-refractivity contribution in [3.05, 3.63) is 41.4 Å².